The van der Waals surface area contributed by atoms with Crippen molar-refractivity contribution in [2.75, 3.05) is 19.6 Å². The van der Waals surface area contributed by atoms with Gasteiger partial charge in [-0.05, 0) is 37.5 Å². The molecule has 1 aliphatic heterocycles. The number of hydrogen-bond acceptors (Lipinski definition) is 3. The largest absolute Gasteiger partial charge is 0.353 e. The predicted octanol–water partition coefficient (Wildman–Crippen LogP) is 2.86. The van der Waals surface area contributed by atoms with E-state index in [-0.39, 0.29) is 29.8 Å². The Hall–Kier alpha value is -1.40. The maximum Gasteiger partial charge on any atom is 0.234 e. The molecule has 1 aromatic rings. The number of piperidine rings is 1. The summed E-state index contributed by atoms with van der Waals surface area (Å²) in [5.41, 5.74) is 1.09. The third-order valence-corrected chi connectivity index (χ3v) is 5.10. The summed E-state index contributed by atoms with van der Waals surface area (Å²) < 4.78 is 1.03. The number of nitrogens with one attached hydrogen (secondary N) is 2. The van der Waals surface area contributed by atoms with Crippen LogP contribution in [0.2, 0.25) is 0 Å². The first kappa shape index (κ1) is 19.9. The van der Waals surface area contributed by atoms with Crippen molar-refractivity contribution >= 4 is 27.7 Å². The van der Waals surface area contributed by atoms with Gasteiger partial charge in [0.25, 0.3) is 0 Å². The van der Waals surface area contributed by atoms with Gasteiger partial charge in [0.05, 0.1) is 12.6 Å². The Labute approximate surface area is 158 Å². The van der Waals surface area contributed by atoms with Crippen molar-refractivity contribution in [2.45, 2.75) is 45.7 Å². The summed E-state index contributed by atoms with van der Waals surface area (Å²) in [6.07, 6.45) is 1.79. The lowest BCUT2D eigenvalue weighted by atomic mass is 10.0. The molecular formula is C19H28BrN3O2. The van der Waals surface area contributed by atoms with E-state index >= 15 is 0 Å². The molecule has 1 heterocycles. The molecule has 5 nitrogen and oxygen atoms in total. The molecule has 0 aromatic heterocycles. The van der Waals surface area contributed by atoms with Gasteiger partial charge in [0.2, 0.25) is 11.8 Å². The predicted molar refractivity (Wildman–Crippen MR) is 103 cm³/mol. The van der Waals surface area contributed by atoms with E-state index in [1.807, 2.05) is 45.0 Å². The maximum absolute atomic E-state index is 12.3. The second-order valence-electron chi connectivity index (χ2n) is 7.05. The van der Waals surface area contributed by atoms with Crippen LogP contribution in [0.15, 0.2) is 28.7 Å². The summed E-state index contributed by atoms with van der Waals surface area (Å²) >= 11 is 3.42. The van der Waals surface area contributed by atoms with E-state index in [0.717, 1.165) is 36.0 Å². The normalized spacial score (nSPS) is 17.3. The van der Waals surface area contributed by atoms with E-state index in [0.29, 0.717) is 6.54 Å². The van der Waals surface area contributed by atoms with Crippen LogP contribution in [0.3, 0.4) is 0 Å². The molecule has 0 aliphatic carbocycles. The van der Waals surface area contributed by atoms with E-state index < -0.39 is 0 Å². The number of hydrogen-bond donors (Lipinski definition) is 2. The average molecular weight is 410 g/mol. The van der Waals surface area contributed by atoms with Gasteiger partial charge in [-0.2, -0.15) is 0 Å². The van der Waals surface area contributed by atoms with Crippen LogP contribution in [0, 0.1) is 5.92 Å². The molecule has 0 bridgehead atoms. The molecule has 6 heteroatoms. The molecule has 0 saturated carbocycles. The topological polar surface area (TPSA) is 61.4 Å². The number of nitrogens with zero attached hydrogens (tertiary/aromatic N) is 1. The Balaban J connectivity index is 1.73. The zero-order valence-electron chi connectivity index (χ0n) is 15.2. The van der Waals surface area contributed by atoms with Gasteiger partial charge in [-0.1, -0.05) is 41.9 Å². The van der Waals surface area contributed by atoms with Gasteiger partial charge in [0.1, 0.15) is 0 Å². The smallest absolute Gasteiger partial charge is 0.234 e. The van der Waals surface area contributed by atoms with E-state index in [1.165, 1.54) is 0 Å². The molecule has 1 atom stereocenters. The van der Waals surface area contributed by atoms with Gasteiger partial charge in [-0.15, -0.1) is 0 Å². The third-order valence-electron chi connectivity index (χ3n) is 4.57. The number of carbonyl (C=O) groups is 2. The first-order valence-corrected chi connectivity index (χ1v) is 9.72. The number of carbonyl (C=O) groups excluding carboxylic acids is 2. The standard InChI is InChI=1S/C19H28BrN3O2/c1-13(2)19(25)22-17-8-10-23(11-9-17)12-18(24)21-14(3)15-4-6-16(20)7-5-15/h4-7,13-14,17H,8-12H2,1-3H3,(H,21,24)(H,22,25). The lowest BCUT2D eigenvalue weighted by Gasteiger charge is -2.32. The summed E-state index contributed by atoms with van der Waals surface area (Å²) in [5, 5.41) is 6.14. The van der Waals surface area contributed by atoms with E-state index in [2.05, 4.69) is 31.5 Å². The highest BCUT2D eigenvalue weighted by Gasteiger charge is 2.23. The molecule has 0 radical (unpaired) electrons. The van der Waals surface area contributed by atoms with Gasteiger partial charge in [-0.25, -0.2) is 0 Å². The van der Waals surface area contributed by atoms with Crippen LogP contribution in [0.5, 0.6) is 0 Å². The average Bonchev–Trinajstić information content (AvgIpc) is 2.57. The van der Waals surface area contributed by atoms with Crippen LogP contribution in [0.4, 0.5) is 0 Å². The Morgan fingerprint density at radius 1 is 1.16 bits per heavy atom. The number of benzene rings is 1. The highest BCUT2D eigenvalue weighted by molar-refractivity contribution is 9.10. The fourth-order valence-electron chi connectivity index (χ4n) is 2.93. The summed E-state index contributed by atoms with van der Waals surface area (Å²) in [7, 11) is 0. The van der Waals surface area contributed by atoms with Crippen molar-refractivity contribution in [1.82, 2.24) is 15.5 Å². The van der Waals surface area contributed by atoms with Gasteiger partial charge in [0, 0.05) is 29.5 Å². The van der Waals surface area contributed by atoms with Crippen molar-refractivity contribution in [3.05, 3.63) is 34.3 Å². The van der Waals surface area contributed by atoms with Crippen LogP contribution in [-0.2, 0) is 9.59 Å². The molecule has 25 heavy (non-hydrogen) atoms. The summed E-state index contributed by atoms with van der Waals surface area (Å²) in [6.45, 7) is 7.88. The zero-order valence-corrected chi connectivity index (χ0v) is 16.8. The first-order chi connectivity index (χ1) is 11.8. The quantitative estimate of drug-likeness (QED) is 0.758. The molecule has 138 valence electrons. The maximum atomic E-state index is 12.3. The number of rotatable bonds is 6. The van der Waals surface area contributed by atoms with E-state index in [9.17, 15) is 9.59 Å². The minimum absolute atomic E-state index is 0.0107. The van der Waals surface area contributed by atoms with Crippen molar-refractivity contribution in [2.24, 2.45) is 5.92 Å². The van der Waals surface area contributed by atoms with Crippen molar-refractivity contribution in [1.29, 1.82) is 0 Å². The summed E-state index contributed by atoms with van der Waals surface area (Å²) in [4.78, 5) is 26.2. The second-order valence-corrected chi connectivity index (χ2v) is 7.97. The van der Waals surface area contributed by atoms with Crippen LogP contribution < -0.4 is 10.6 Å². The zero-order chi connectivity index (χ0) is 18.4. The molecule has 2 amide bonds. The van der Waals surface area contributed by atoms with Gasteiger partial charge in [-0.3, -0.25) is 14.5 Å². The highest BCUT2D eigenvalue weighted by atomic mass is 79.9. The molecule has 1 fully saturated rings. The molecule has 1 aromatic carbocycles. The molecule has 2 rings (SSSR count). The minimum atomic E-state index is -0.0107. The number of likely N-dealkylation sites (tertiary alicyclic amines) is 1. The highest BCUT2D eigenvalue weighted by Crippen LogP contribution is 2.17. The van der Waals surface area contributed by atoms with Gasteiger partial charge >= 0.3 is 0 Å². The fraction of sp³-hybridized carbons (Fsp3) is 0.579. The van der Waals surface area contributed by atoms with Gasteiger partial charge in [0.15, 0.2) is 0 Å². The Morgan fingerprint density at radius 2 is 1.76 bits per heavy atom. The second kappa shape index (κ2) is 9.34. The molecular weight excluding hydrogens is 382 g/mol. The number of amides is 2. The summed E-state index contributed by atoms with van der Waals surface area (Å²) in [6, 6.07) is 8.21. The monoisotopic (exact) mass is 409 g/mol. The van der Waals surface area contributed by atoms with Crippen molar-refractivity contribution < 1.29 is 9.59 Å². The first-order valence-electron chi connectivity index (χ1n) is 8.92. The molecule has 1 saturated heterocycles. The van der Waals surface area contributed by atoms with E-state index in [1.54, 1.807) is 0 Å². The van der Waals surface area contributed by atoms with Crippen molar-refractivity contribution in [3.8, 4) is 0 Å². The third kappa shape index (κ3) is 6.44. The lowest BCUT2D eigenvalue weighted by molar-refractivity contribution is -0.126. The van der Waals surface area contributed by atoms with Crippen LogP contribution in [0.1, 0.15) is 45.2 Å². The summed E-state index contributed by atoms with van der Waals surface area (Å²) in [5.74, 6) is 0.170. The van der Waals surface area contributed by atoms with Gasteiger partial charge < -0.3 is 10.6 Å². The lowest BCUT2D eigenvalue weighted by Crippen LogP contribution is -2.48. The Bertz CT molecular complexity index is 581. The Kier molecular flexibility index (Phi) is 7.44. The van der Waals surface area contributed by atoms with Crippen LogP contribution >= 0.6 is 15.9 Å². The van der Waals surface area contributed by atoms with Crippen LogP contribution in [-0.4, -0.2) is 42.4 Å². The fourth-order valence-corrected chi connectivity index (χ4v) is 3.19. The molecule has 1 unspecified atom stereocenters. The van der Waals surface area contributed by atoms with Crippen LogP contribution in [0.25, 0.3) is 0 Å². The Morgan fingerprint density at radius 3 is 2.32 bits per heavy atom. The van der Waals surface area contributed by atoms with E-state index in [4.69, 9.17) is 0 Å². The molecule has 0 spiro atoms. The SMILES string of the molecule is CC(C)C(=O)NC1CCN(CC(=O)NC(C)c2ccc(Br)cc2)CC1. The number of halogens is 1. The minimum Gasteiger partial charge on any atom is -0.353 e. The molecule has 2 N–H and O–H groups in total. The molecule has 1 aliphatic rings. The van der Waals surface area contributed by atoms with Crippen molar-refractivity contribution in [3.63, 3.8) is 0 Å².